The van der Waals surface area contributed by atoms with Crippen LogP contribution in [-0.4, -0.2) is 42.9 Å². The van der Waals surface area contributed by atoms with Gasteiger partial charge in [0.1, 0.15) is 17.4 Å². The zero-order valence-corrected chi connectivity index (χ0v) is 13.2. The third-order valence-corrected chi connectivity index (χ3v) is 5.61. The maximum atomic E-state index is 11.9. The van der Waals surface area contributed by atoms with Gasteiger partial charge in [0.25, 0.3) is 0 Å². The van der Waals surface area contributed by atoms with Crippen molar-refractivity contribution in [1.82, 2.24) is 5.32 Å². The van der Waals surface area contributed by atoms with Crippen molar-refractivity contribution in [1.29, 1.82) is 0 Å². The molecule has 0 aliphatic heterocycles. The number of carbonyl (C=O) groups is 2. The largest absolute Gasteiger partial charge is 0.444 e. The molecule has 7 heteroatoms. The second kappa shape index (κ2) is 5.71. The molecule has 1 amide bonds. The van der Waals surface area contributed by atoms with Crippen molar-refractivity contribution in [3.63, 3.8) is 0 Å². The number of carbonyl (C=O) groups excluding carboxylic acids is 2. The molecule has 0 heterocycles. The van der Waals surface area contributed by atoms with Gasteiger partial charge in [0.2, 0.25) is 0 Å². The van der Waals surface area contributed by atoms with Gasteiger partial charge in [-0.3, -0.25) is 0 Å². The van der Waals surface area contributed by atoms with Crippen LogP contribution >= 0.6 is 0 Å². The normalized spacial score (nSPS) is 27.1. The van der Waals surface area contributed by atoms with Crippen LogP contribution in [0.25, 0.3) is 0 Å². The van der Waals surface area contributed by atoms with Crippen LogP contribution in [0.2, 0.25) is 0 Å². The zero-order valence-electron chi connectivity index (χ0n) is 12.4. The maximum Gasteiger partial charge on any atom is 0.408 e. The number of aldehydes is 1. The molecule has 0 spiro atoms. The van der Waals surface area contributed by atoms with Gasteiger partial charge in [-0.1, -0.05) is 6.92 Å². The molecule has 20 heavy (non-hydrogen) atoms. The quantitative estimate of drug-likeness (QED) is 0.794. The van der Waals surface area contributed by atoms with Gasteiger partial charge < -0.3 is 14.8 Å². The minimum absolute atomic E-state index is 0.0407. The van der Waals surface area contributed by atoms with Crippen molar-refractivity contribution in [2.24, 2.45) is 0 Å². The van der Waals surface area contributed by atoms with Gasteiger partial charge >= 0.3 is 6.09 Å². The lowest BCUT2D eigenvalue weighted by Crippen LogP contribution is -2.50. The van der Waals surface area contributed by atoms with Gasteiger partial charge in [0.05, 0.1) is 5.25 Å². The fraction of sp³-hybridized carbons (Fsp3) is 0.846. The van der Waals surface area contributed by atoms with E-state index in [1.54, 1.807) is 27.7 Å². The van der Waals surface area contributed by atoms with E-state index in [9.17, 15) is 18.0 Å². The van der Waals surface area contributed by atoms with Crippen LogP contribution in [0.5, 0.6) is 0 Å². The van der Waals surface area contributed by atoms with Gasteiger partial charge in [-0.05, 0) is 40.0 Å². The van der Waals surface area contributed by atoms with Crippen LogP contribution in [0.3, 0.4) is 0 Å². The summed E-state index contributed by atoms with van der Waals surface area (Å²) in [7, 11) is -3.20. The topological polar surface area (TPSA) is 89.5 Å². The van der Waals surface area contributed by atoms with E-state index in [2.05, 4.69) is 5.32 Å². The highest BCUT2D eigenvalue weighted by Gasteiger charge is 2.45. The predicted octanol–water partition coefficient (Wildman–Crippen LogP) is 1.44. The van der Waals surface area contributed by atoms with Crippen LogP contribution < -0.4 is 5.32 Å². The van der Waals surface area contributed by atoms with E-state index in [-0.39, 0.29) is 12.2 Å². The minimum Gasteiger partial charge on any atom is -0.444 e. The van der Waals surface area contributed by atoms with Crippen molar-refractivity contribution < 1.29 is 22.7 Å². The Balaban J connectivity index is 2.77. The lowest BCUT2D eigenvalue weighted by molar-refractivity contribution is -0.113. The van der Waals surface area contributed by atoms with E-state index in [1.165, 1.54) is 0 Å². The van der Waals surface area contributed by atoms with Gasteiger partial charge in [0, 0.05) is 5.75 Å². The molecule has 116 valence electrons. The monoisotopic (exact) mass is 305 g/mol. The first-order valence-corrected chi connectivity index (χ1v) is 8.44. The van der Waals surface area contributed by atoms with Crippen LogP contribution in [0.4, 0.5) is 4.79 Å². The van der Waals surface area contributed by atoms with E-state index in [0.717, 1.165) is 0 Å². The maximum absolute atomic E-state index is 11.9. The van der Waals surface area contributed by atoms with Gasteiger partial charge in [-0.15, -0.1) is 0 Å². The summed E-state index contributed by atoms with van der Waals surface area (Å²) < 4.78 is 28.8. The van der Waals surface area contributed by atoms with Crippen LogP contribution in [-0.2, 0) is 19.4 Å². The molecule has 0 radical (unpaired) electrons. The molecule has 1 aliphatic carbocycles. The highest BCUT2D eigenvalue weighted by molar-refractivity contribution is 7.92. The summed E-state index contributed by atoms with van der Waals surface area (Å²) in [6.07, 6.45) is 0.748. The number of hydrogen-bond acceptors (Lipinski definition) is 5. The number of amides is 1. The molecule has 1 rings (SSSR count). The van der Waals surface area contributed by atoms with Crippen molar-refractivity contribution in [2.45, 2.75) is 63.3 Å². The number of alkyl carbamates (subject to hydrolysis) is 1. The van der Waals surface area contributed by atoms with Crippen molar-refractivity contribution in [3.8, 4) is 0 Å². The molecule has 0 bridgehead atoms. The van der Waals surface area contributed by atoms with E-state index in [4.69, 9.17) is 4.74 Å². The zero-order chi connectivity index (χ0) is 15.6. The lowest BCUT2D eigenvalue weighted by atomic mass is 10.0. The van der Waals surface area contributed by atoms with E-state index < -0.39 is 32.3 Å². The minimum atomic E-state index is -3.20. The third kappa shape index (κ3) is 4.19. The van der Waals surface area contributed by atoms with E-state index in [1.807, 2.05) is 0 Å². The predicted molar refractivity (Wildman–Crippen MR) is 75.3 cm³/mol. The fourth-order valence-electron chi connectivity index (χ4n) is 2.33. The Kier molecular flexibility index (Phi) is 4.84. The fourth-order valence-corrected chi connectivity index (χ4v) is 3.83. The van der Waals surface area contributed by atoms with Crippen LogP contribution in [0.15, 0.2) is 0 Å². The molecular formula is C13H23NO5S. The molecule has 6 nitrogen and oxygen atoms in total. The summed E-state index contributed by atoms with van der Waals surface area (Å²) in [5, 5.41) is 1.95. The average Bonchev–Trinajstić information content (AvgIpc) is 2.72. The summed E-state index contributed by atoms with van der Waals surface area (Å²) in [5.74, 6) is 0.0407. The molecule has 0 aromatic carbocycles. The Hall–Kier alpha value is -1.11. The SMILES string of the molecule is CCS(=O)(=O)[C@H]1CC[C@@](C=O)(NC(=O)OC(C)(C)C)C1. The van der Waals surface area contributed by atoms with Gasteiger partial charge in [0.15, 0.2) is 9.84 Å². The molecule has 1 fully saturated rings. The standard InChI is InChI=1S/C13H23NO5S/c1-5-20(17,18)10-6-7-13(8-10,9-15)14-11(16)19-12(2,3)4/h9-10H,5-8H2,1-4H3,(H,14,16)/t10-,13+/m0/s1. The second-order valence-electron chi connectivity index (χ2n) is 6.22. The van der Waals surface area contributed by atoms with Crippen molar-refractivity contribution >= 4 is 22.2 Å². The average molecular weight is 305 g/mol. The molecule has 1 aliphatic rings. The molecular weight excluding hydrogens is 282 g/mol. The summed E-state index contributed by atoms with van der Waals surface area (Å²) in [6, 6.07) is 0. The van der Waals surface area contributed by atoms with Crippen molar-refractivity contribution in [2.75, 3.05) is 5.75 Å². The lowest BCUT2D eigenvalue weighted by Gasteiger charge is -2.27. The summed E-state index contributed by atoms with van der Waals surface area (Å²) >= 11 is 0. The Morgan fingerprint density at radius 1 is 1.45 bits per heavy atom. The number of nitrogens with one attached hydrogen (secondary N) is 1. The highest BCUT2D eigenvalue weighted by Crippen LogP contribution is 2.33. The Morgan fingerprint density at radius 2 is 2.05 bits per heavy atom. The number of hydrogen-bond donors (Lipinski definition) is 1. The van der Waals surface area contributed by atoms with Gasteiger partial charge in [-0.25, -0.2) is 13.2 Å². The van der Waals surface area contributed by atoms with Crippen LogP contribution in [0.1, 0.15) is 47.0 Å². The molecule has 1 saturated carbocycles. The summed E-state index contributed by atoms with van der Waals surface area (Å²) in [5.41, 5.74) is -1.79. The summed E-state index contributed by atoms with van der Waals surface area (Å²) in [4.78, 5) is 23.1. The smallest absolute Gasteiger partial charge is 0.408 e. The molecule has 0 aromatic rings. The number of rotatable bonds is 4. The first kappa shape index (κ1) is 16.9. The van der Waals surface area contributed by atoms with E-state index >= 15 is 0 Å². The highest BCUT2D eigenvalue weighted by atomic mass is 32.2. The van der Waals surface area contributed by atoms with Gasteiger partial charge in [-0.2, -0.15) is 0 Å². The molecule has 0 unspecified atom stereocenters. The van der Waals surface area contributed by atoms with Crippen molar-refractivity contribution in [3.05, 3.63) is 0 Å². The first-order chi connectivity index (χ1) is 9.03. The second-order valence-corrected chi connectivity index (χ2v) is 8.79. The summed E-state index contributed by atoms with van der Waals surface area (Å²) in [6.45, 7) is 6.75. The molecule has 0 aromatic heterocycles. The molecule has 2 atom stereocenters. The molecule has 0 saturated heterocycles. The Morgan fingerprint density at radius 3 is 2.50 bits per heavy atom. The van der Waals surface area contributed by atoms with E-state index in [0.29, 0.717) is 19.1 Å². The Bertz CT molecular complexity index is 479. The Labute approximate surface area is 120 Å². The third-order valence-electron chi connectivity index (χ3n) is 3.39. The number of ether oxygens (including phenoxy) is 1. The van der Waals surface area contributed by atoms with Crippen LogP contribution in [0, 0.1) is 0 Å². The number of sulfone groups is 1. The first-order valence-electron chi connectivity index (χ1n) is 6.73. The molecule has 1 N–H and O–H groups in total.